The molecule has 114 valence electrons. The molecule has 0 aromatic heterocycles. The van der Waals surface area contributed by atoms with Crippen LogP contribution in [0.15, 0.2) is 0 Å². The Bertz CT molecular complexity index is 147. The molecule has 1 heteroatoms. The second-order valence-corrected chi connectivity index (χ2v) is 6.59. The maximum atomic E-state index is 2.29. The second-order valence-electron chi connectivity index (χ2n) is 6.59. The Morgan fingerprint density at radius 2 is 0.947 bits per heavy atom. The normalized spacial score (nSPS) is 19.9. The summed E-state index contributed by atoms with van der Waals surface area (Å²) in [5.74, 6) is 2.23. The van der Waals surface area contributed by atoms with Crippen molar-refractivity contribution in [2.24, 2.45) is 11.8 Å². The Hall–Kier alpha value is 0.688. The van der Waals surface area contributed by atoms with Crippen molar-refractivity contribution in [2.75, 3.05) is 0 Å². The first-order chi connectivity index (χ1) is 8.86. The van der Waals surface area contributed by atoms with Crippen LogP contribution in [-0.4, -0.2) is 0 Å². The number of hydrogen-bond donors (Lipinski definition) is 0. The molecule has 2 fully saturated rings. The zero-order valence-corrected chi connectivity index (χ0v) is 16.4. The van der Waals surface area contributed by atoms with E-state index in [9.17, 15) is 0 Å². The first kappa shape index (κ1) is 19.7. The largest absolute Gasteiger partial charge is 0.0654 e. The van der Waals surface area contributed by atoms with Crippen molar-refractivity contribution in [2.45, 2.75) is 104 Å². The average Bonchev–Trinajstić information content (AvgIpc) is 3.07. The molecule has 0 heterocycles. The van der Waals surface area contributed by atoms with Crippen LogP contribution in [0.2, 0.25) is 0 Å². The van der Waals surface area contributed by atoms with Gasteiger partial charge in [0.05, 0.1) is 0 Å². The Morgan fingerprint density at radius 3 is 1.21 bits per heavy atom. The maximum Gasteiger partial charge on any atom is 0 e. The first-order valence-corrected chi connectivity index (χ1v) is 8.86. The van der Waals surface area contributed by atoms with Gasteiger partial charge in [0, 0.05) is 21.1 Å². The number of unbranched alkanes of at least 4 members (excludes halogenated alkanes) is 2. The second kappa shape index (κ2) is 13.7. The van der Waals surface area contributed by atoms with E-state index < -0.39 is 0 Å². The molecule has 0 atom stereocenters. The smallest absolute Gasteiger partial charge is 0 e. The Kier molecular flexibility index (Phi) is 14.2. The van der Waals surface area contributed by atoms with Crippen LogP contribution >= 0.6 is 0 Å². The van der Waals surface area contributed by atoms with Crippen molar-refractivity contribution < 1.29 is 21.1 Å². The quantitative estimate of drug-likeness (QED) is 0.433. The van der Waals surface area contributed by atoms with Crippen LogP contribution in [0.1, 0.15) is 104 Å². The van der Waals surface area contributed by atoms with Crippen molar-refractivity contribution in [3.8, 4) is 0 Å². The van der Waals surface area contributed by atoms with Crippen LogP contribution in [0.3, 0.4) is 0 Å². The minimum absolute atomic E-state index is 0. The third-order valence-corrected chi connectivity index (χ3v) is 4.88. The predicted octanol–water partition coefficient (Wildman–Crippen LogP) is 6.73. The Morgan fingerprint density at radius 1 is 0.632 bits per heavy atom. The SMILES string of the molecule is CCCCC1CCCC1.CCCCC1CCCC1.[W]. The number of hydrogen-bond acceptors (Lipinski definition) is 0. The fourth-order valence-corrected chi connectivity index (χ4v) is 3.58. The molecule has 2 aliphatic carbocycles. The van der Waals surface area contributed by atoms with Crippen LogP contribution in [0, 0.1) is 11.8 Å². The minimum Gasteiger partial charge on any atom is -0.0654 e. The molecule has 0 spiro atoms. The summed E-state index contributed by atoms with van der Waals surface area (Å²) >= 11 is 0. The van der Waals surface area contributed by atoms with Gasteiger partial charge in [-0.05, 0) is 11.8 Å². The predicted molar refractivity (Wildman–Crippen MR) is 83.0 cm³/mol. The fraction of sp³-hybridized carbons (Fsp3) is 1.00. The molecule has 2 rings (SSSR count). The molecule has 0 nitrogen and oxygen atoms in total. The van der Waals surface area contributed by atoms with Gasteiger partial charge in [-0.15, -0.1) is 0 Å². The van der Waals surface area contributed by atoms with E-state index in [-0.39, 0.29) is 21.1 Å². The first-order valence-electron chi connectivity index (χ1n) is 8.86. The van der Waals surface area contributed by atoms with Gasteiger partial charge < -0.3 is 0 Å². The average molecular weight is 436 g/mol. The molecule has 0 unspecified atom stereocenters. The van der Waals surface area contributed by atoms with E-state index in [2.05, 4.69) is 13.8 Å². The van der Waals surface area contributed by atoms with Gasteiger partial charge in [-0.2, -0.15) is 0 Å². The van der Waals surface area contributed by atoms with Gasteiger partial charge in [-0.25, -0.2) is 0 Å². The van der Waals surface area contributed by atoms with Crippen LogP contribution in [0.5, 0.6) is 0 Å². The van der Waals surface area contributed by atoms with Crippen LogP contribution in [-0.2, 0) is 21.1 Å². The van der Waals surface area contributed by atoms with Crippen molar-refractivity contribution in [1.29, 1.82) is 0 Å². The van der Waals surface area contributed by atoms with Crippen molar-refractivity contribution in [3.05, 3.63) is 0 Å². The van der Waals surface area contributed by atoms with E-state index in [1.807, 2.05) is 0 Å². The molecule has 2 aliphatic rings. The molecule has 0 radical (unpaired) electrons. The fourth-order valence-electron chi connectivity index (χ4n) is 3.58. The molecule has 0 aromatic carbocycles. The molecule has 0 N–H and O–H groups in total. The molecule has 0 amide bonds. The standard InChI is InChI=1S/2C9H18.W/c2*1-2-3-6-9-7-4-5-8-9;/h2*9H,2-8H2,1H3;. The summed E-state index contributed by atoms with van der Waals surface area (Å²) in [6.45, 7) is 4.57. The molecule has 0 saturated heterocycles. The summed E-state index contributed by atoms with van der Waals surface area (Å²) in [4.78, 5) is 0. The minimum atomic E-state index is 0. The molecule has 0 aromatic rings. The van der Waals surface area contributed by atoms with Crippen molar-refractivity contribution >= 4 is 0 Å². The molecule has 19 heavy (non-hydrogen) atoms. The summed E-state index contributed by atoms with van der Waals surface area (Å²) in [6.07, 6.45) is 20.9. The van der Waals surface area contributed by atoms with Gasteiger partial charge in [0.2, 0.25) is 0 Å². The Labute approximate surface area is 136 Å². The van der Waals surface area contributed by atoms with Gasteiger partial charge in [-0.3, -0.25) is 0 Å². The van der Waals surface area contributed by atoms with Gasteiger partial charge >= 0.3 is 0 Å². The van der Waals surface area contributed by atoms with E-state index in [0.29, 0.717) is 0 Å². The zero-order valence-electron chi connectivity index (χ0n) is 13.5. The van der Waals surface area contributed by atoms with E-state index in [0.717, 1.165) is 11.8 Å². The van der Waals surface area contributed by atoms with Gasteiger partial charge in [0.1, 0.15) is 0 Å². The third kappa shape index (κ3) is 10.1. The van der Waals surface area contributed by atoms with Crippen LogP contribution in [0.4, 0.5) is 0 Å². The Balaban J connectivity index is 0.000000324. The molecule has 2 saturated carbocycles. The molecular weight excluding hydrogens is 400 g/mol. The van der Waals surface area contributed by atoms with E-state index in [1.165, 1.54) is 89.9 Å². The molecular formula is C18H36W. The summed E-state index contributed by atoms with van der Waals surface area (Å²) in [5, 5.41) is 0. The summed E-state index contributed by atoms with van der Waals surface area (Å²) < 4.78 is 0. The third-order valence-electron chi connectivity index (χ3n) is 4.88. The van der Waals surface area contributed by atoms with E-state index in [4.69, 9.17) is 0 Å². The van der Waals surface area contributed by atoms with Crippen molar-refractivity contribution in [1.82, 2.24) is 0 Å². The maximum absolute atomic E-state index is 2.29. The topological polar surface area (TPSA) is 0 Å². The molecule has 0 aliphatic heterocycles. The van der Waals surface area contributed by atoms with Crippen LogP contribution < -0.4 is 0 Å². The molecule has 0 bridgehead atoms. The van der Waals surface area contributed by atoms with Gasteiger partial charge in [-0.1, -0.05) is 104 Å². The van der Waals surface area contributed by atoms with Crippen LogP contribution in [0.25, 0.3) is 0 Å². The van der Waals surface area contributed by atoms with Gasteiger partial charge in [0.25, 0.3) is 0 Å². The number of rotatable bonds is 6. The summed E-state index contributed by atoms with van der Waals surface area (Å²) in [7, 11) is 0. The van der Waals surface area contributed by atoms with E-state index in [1.54, 1.807) is 0 Å². The van der Waals surface area contributed by atoms with E-state index >= 15 is 0 Å². The summed E-state index contributed by atoms with van der Waals surface area (Å²) in [6, 6.07) is 0. The zero-order chi connectivity index (χ0) is 13.1. The van der Waals surface area contributed by atoms with Gasteiger partial charge in [0.15, 0.2) is 0 Å². The summed E-state index contributed by atoms with van der Waals surface area (Å²) in [5.41, 5.74) is 0. The van der Waals surface area contributed by atoms with Crippen molar-refractivity contribution in [3.63, 3.8) is 0 Å². The monoisotopic (exact) mass is 436 g/mol.